The number of hydrogen-bond acceptors (Lipinski definition) is 3. The molecule has 1 N–H and O–H groups in total. The summed E-state index contributed by atoms with van der Waals surface area (Å²) in [5.41, 5.74) is 1.17. The second kappa shape index (κ2) is 6.05. The minimum Gasteiger partial charge on any atom is -0.497 e. The lowest BCUT2D eigenvalue weighted by atomic mass is 10.1. The summed E-state index contributed by atoms with van der Waals surface area (Å²) < 4.78 is 5.15. The number of benzene rings is 1. The van der Waals surface area contributed by atoms with Gasteiger partial charge >= 0.3 is 0 Å². The largest absolute Gasteiger partial charge is 0.497 e. The van der Waals surface area contributed by atoms with Gasteiger partial charge in [-0.15, -0.1) is 0 Å². The number of rotatable bonds is 5. The van der Waals surface area contributed by atoms with Crippen molar-refractivity contribution in [3.05, 3.63) is 29.8 Å². The van der Waals surface area contributed by atoms with Crippen LogP contribution in [0.5, 0.6) is 5.75 Å². The van der Waals surface area contributed by atoms with Gasteiger partial charge in [0.1, 0.15) is 5.75 Å². The van der Waals surface area contributed by atoms with Crippen molar-refractivity contribution in [2.24, 2.45) is 0 Å². The highest BCUT2D eigenvalue weighted by atomic mass is 16.5. The second-order valence-electron chi connectivity index (χ2n) is 3.36. The second-order valence-corrected chi connectivity index (χ2v) is 3.36. The van der Waals surface area contributed by atoms with E-state index < -0.39 is 0 Å². The maximum atomic E-state index is 8.42. The summed E-state index contributed by atoms with van der Waals surface area (Å²) in [6.45, 7) is 2.79. The van der Waals surface area contributed by atoms with E-state index >= 15 is 0 Å². The average Bonchev–Trinajstić information content (AvgIpc) is 2.29. The van der Waals surface area contributed by atoms with Gasteiger partial charge in [0, 0.05) is 19.0 Å². The molecule has 0 aromatic heterocycles. The number of methoxy groups -OCH3 is 1. The van der Waals surface area contributed by atoms with E-state index in [0.717, 1.165) is 12.3 Å². The zero-order valence-corrected chi connectivity index (χ0v) is 9.16. The third-order valence-corrected chi connectivity index (χ3v) is 2.28. The zero-order valence-electron chi connectivity index (χ0n) is 9.16. The number of nitriles is 1. The fraction of sp³-hybridized carbons (Fsp3) is 0.417. The first kappa shape index (κ1) is 11.5. The van der Waals surface area contributed by atoms with E-state index in [-0.39, 0.29) is 6.04 Å². The minimum atomic E-state index is 0.244. The summed E-state index contributed by atoms with van der Waals surface area (Å²) in [6.07, 6.45) is 0.536. The van der Waals surface area contributed by atoms with Gasteiger partial charge in [0.05, 0.1) is 13.2 Å². The number of nitrogens with zero attached hydrogens (tertiary/aromatic N) is 1. The highest BCUT2D eigenvalue weighted by Crippen LogP contribution is 2.18. The SMILES string of the molecule is COc1cccc([C@@H](C)NCCC#N)c1. The Bertz CT molecular complexity index is 344. The molecule has 1 aromatic rings. The lowest BCUT2D eigenvalue weighted by molar-refractivity contribution is 0.413. The van der Waals surface area contributed by atoms with E-state index in [9.17, 15) is 0 Å². The molecule has 80 valence electrons. The number of ether oxygens (including phenoxy) is 1. The van der Waals surface area contributed by atoms with E-state index in [2.05, 4.69) is 18.3 Å². The predicted octanol–water partition coefficient (Wildman–Crippen LogP) is 2.26. The van der Waals surface area contributed by atoms with E-state index in [1.165, 1.54) is 5.56 Å². The van der Waals surface area contributed by atoms with Crippen molar-refractivity contribution >= 4 is 0 Å². The molecule has 0 fully saturated rings. The summed E-state index contributed by atoms with van der Waals surface area (Å²) in [4.78, 5) is 0. The molecule has 1 rings (SSSR count). The molecule has 3 heteroatoms. The van der Waals surface area contributed by atoms with Gasteiger partial charge in [-0.25, -0.2) is 0 Å². The lowest BCUT2D eigenvalue weighted by Crippen LogP contribution is -2.19. The van der Waals surface area contributed by atoms with Crippen LogP contribution in [0.1, 0.15) is 24.9 Å². The van der Waals surface area contributed by atoms with Crippen molar-refractivity contribution in [1.29, 1.82) is 5.26 Å². The highest BCUT2D eigenvalue weighted by Gasteiger charge is 2.04. The van der Waals surface area contributed by atoms with Crippen LogP contribution < -0.4 is 10.1 Å². The number of nitrogens with one attached hydrogen (secondary N) is 1. The molecule has 0 bridgehead atoms. The summed E-state index contributed by atoms with van der Waals surface area (Å²) in [5.74, 6) is 0.862. The molecule has 0 unspecified atom stereocenters. The molecule has 0 radical (unpaired) electrons. The fourth-order valence-electron chi connectivity index (χ4n) is 1.37. The normalized spacial score (nSPS) is 11.8. The van der Waals surface area contributed by atoms with Gasteiger partial charge in [0.2, 0.25) is 0 Å². The van der Waals surface area contributed by atoms with E-state index in [4.69, 9.17) is 10.00 Å². The molecule has 0 saturated heterocycles. The van der Waals surface area contributed by atoms with E-state index in [1.54, 1.807) is 7.11 Å². The molecular formula is C12H16N2O. The predicted molar refractivity (Wildman–Crippen MR) is 59.6 cm³/mol. The maximum absolute atomic E-state index is 8.42. The summed E-state index contributed by atoms with van der Waals surface area (Å²) >= 11 is 0. The van der Waals surface area contributed by atoms with Gasteiger partial charge in [0.25, 0.3) is 0 Å². The Morgan fingerprint density at radius 3 is 3.00 bits per heavy atom. The quantitative estimate of drug-likeness (QED) is 0.748. The van der Waals surface area contributed by atoms with Crippen LogP contribution in [0.2, 0.25) is 0 Å². The Balaban J connectivity index is 2.57. The van der Waals surface area contributed by atoms with Crippen molar-refractivity contribution in [3.8, 4) is 11.8 Å². The molecule has 1 aromatic carbocycles. The van der Waals surface area contributed by atoms with Crippen LogP contribution in [0.4, 0.5) is 0 Å². The Hall–Kier alpha value is -1.53. The van der Waals surface area contributed by atoms with Crippen molar-refractivity contribution in [2.75, 3.05) is 13.7 Å². The molecule has 0 aliphatic carbocycles. The molecule has 0 amide bonds. The number of hydrogen-bond donors (Lipinski definition) is 1. The van der Waals surface area contributed by atoms with Gasteiger partial charge in [-0.3, -0.25) is 0 Å². The van der Waals surface area contributed by atoms with Gasteiger partial charge in [-0.2, -0.15) is 5.26 Å². The van der Waals surface area contributed by atoms with Crippen molar-refractivity contribution < 1.29 is 4.74 Å². The van der Waals surface area contributed by atoms with Gasteiger partial charge in [-0.1, -0.05) is 12.1 Å². The summed E-state index contributed by atoms with van der Waals surface area (Å²) in [6, 6.07) is 10.3. The van der Waals surface area contributed by atoms with Crippen LogP contribution >= 0.6 is 0 Å². The van der Waals surface area contributed by atoms with Crippen molar-refractivity contribution in [1.82, 2.24) is 5.32 Å². The van der Waals surface area contributed by atoms with E-state index in [0.29, 0.717) is 6.42 Å². The first-order valence-corrected chi connectivity index (χ1v) is 5.02. The monoisotopic (exact) mass is 204 g/mol. The maximum Gasteiger partial charge on any atom is 0.119 e. The molecule has 0 aliphatic heterocycles. The zero-order chi connectivity index (χ0) is 11.1. The highest BCUT2D eigenvalue weighted by molar-refractivity contribution is 5.30. The third-order valence-electron chi connectivity index (χ3n) is 2.28. The lowest BCUT2D eigenvalue weighted by Gasteiger charge is -2.13. The molecule has 0 saturated carbocycles. The Morgan fingerprint density at radius 2 is 2.33 bits per heavy atom. The smallest absolute Gasteiger partial charge is 0.119 e. The molecule has 0 aliphatic rings. The van der Waals surface area contributed by atoms with E-state index in [1.807, 2.05) is 24.3 Å². The third kappa shape index (κ3) is 3.61. The molecule has 0 heterocycles. The Morgan fingerprint density at radius 1 is 1.53 bits per heavy atom. The topological polar surface area (TPSA) is 45.0 Å². The summed E-state index contributed by atoms with van der Waals surface area (Å²) in [5, 5.41) is 11.7. The average molecular weight is 204 g/mol. The van der Waals surface area contributed by atoms with Crippen LogP contribution in [0.3, 0.4) is 0 Å². The first-order valence-electron chi connectivity index (χ1n) is 5.02. The van der Waals surface area contributed by atoms with Crippen LogP contribution in [0, 0.1) is 11.3 Å². The van der Waals surface area contributed by atoms with Gasteiger partial charge in [-0.05, 0) is 24.6 Å². The van der Waals surface area contributed by atoms with Crippen LogP contribution in [0.25, 0.3) is 0 Å². The molecule has 3 nitrogen and oxygen atoms in total. The molecule has 15 heavy (non-hydrogen) atoms. The Kier molecular flexibility index (Phi) is 4.65. The van der Waals surface area contributed by atoms with Crippen molar-refractivity contribution in [2.45, 2.75) is 19.4 Å². The summed E-state index contributed by atoms with van der Waals surface area (Å²) in [7, 11) is 1.66. The minimum absolute atomic E-state index is 0.244. The molecule has 1 atom stereocenters. The first-order chi connectivity index (χ1) is 7.27. The van der Waals surface area contributed by atoms with Crippen LogP contribution in [-0.2, 0) is 0 Å². The van der Waals surface area contributed by atoms with Crippen LogP contribution in [-0.4, -0.2) is 13.7 Å². The van der Waals surface area contributed by atoms with Crippen LogP contribution in [0.15, 0.2) is 24.3 Å². The van der Waals surface area contributed by atoms with Gasteiger partial charge in [0.15, 0.2) is 0 Å². The standard InChI is InChI=1S/C12H16N2O/c1-10(14-8-4-7-13)11-5-3-6-12(9-11)15-2/h3,5-6,9-10,14H,4,8H2,1-2H3/t10-/m1/s1. The molecular weight excluding hydrogens is 188 g/mol. The molecule has 0 spiro atoms. The van der Waals surface area contributed by atoms with Gasteiger partial charge < -0.3 is 10.1 Å². The van der Waals surface area contributed by atoms with Crippen molar-refractivity contribution in [3.63, 3.8) is 0 Å². The fourth-order valence-corrected chi connectivity index (χ4v) is 1.37. The Labute approximate surface area is 90.7 Å².